The Kier molecular flexibility index (Phi) is 5.90. The maximum Gasteiger partial charge on any atom is 0.118 e. The third kappa shape index (κ3) is 3.76. The van der Waals surface area contributed by atoms with Crippen molar-refractivity contribution in [1.82, 2.24) is 0 Å². The van der Waals surface area contributed by atoms with Gasteiger partial charge in [0, 0.05) is 13.0 Å². The van der Waals surface area contributed by atoms with Crippen molar-refractivity contribution in [3.8, 4) is 5.75 Å². The van der Waals surface area contributed by atoms with Crippen molar-refractivity contribution in [1.29, 1.82) is 0 Å². The van der Waals surface area contributed by atoms with Gasteiger partial charge >= 0.3 is 0 Å². The first-order valence-electron chi connectivity index (χ1n) is 7.95. The van der Waals surface area contributed by atoms with Crippen LogP contribution in [0.15, 0.2) is 24.3 Å². The smallest absolute Gasteiger partial charge is 0.118 e. The molecule has 20 heavy (non-hydrogen) atoms. The molecule has 0 heterocycles. The molecule has 2 heteroatoms. The highest BCUT2D eigenvalue weighted by molar-refractivity contribution is 5.30. The van der Waals surface area contributed by atoms with Crippen molar-refractivity contribution in [3.63, 3.8) is 0 Å². The van der Waals surface area contributed by atoms with E-state index in [0.29, 0.717) is 12.0 Å². The van der Waals surface area contributed by atoms with Gasteiger partial charge in [-0.3, -0.25) is 0 Å². The van der Waals surface area contributed by atoms with Gasteiger partial charge < -0.3 is 9.47 Å². The average molecular weight is 276 g/mol. The second-order valence-corrected chi connectivity index (χ2v) is 5.98. The molecule has 0 radical (unpaired) electrons. The summed E-state index contributed by atoms with van der Waals surface area (Å²) in [6.07, 6.45) is 8.21. The Balaban J connectivity index is 2.00. The average Bonchev–Trinajstić information content (AvgIpc) is 2.52. The van der Waals surface area contributed by atoms with Crippen molar-refractivity contribution in [2.24, 2.45) is 5.92 Å². The van der Waals surface area contributed by atoms with Gasteiger partial charge in [-0.2, -0.15) is 0 Å². The molecule has 0 saturated heterocycles. The normalized spacial score (nSPS) is 26.4. The number of methoxy groups -OCH3 is 2. The molecule has 1 aliphatic carbocycles. The second kappa shape index (κ2) is 7.68. The van der Waals surface area contributed by atoms with Crippen LogP contribution in [0.4, 0.5) is 0 Å². The third-order valence-electron chi connectivity index (χ3n) is 4.71. The molecule has 1 saturated carbocycles. The van der Waals surface area contributed by atoms with Gasteiger partial charge in [0.15, 0.2) is 0 Å². The first kappa shape index (κ1) is 15.4. The predicted molar refractivity (Wildman–Crippen MR) is 83.4 cm³/mol. The van der Waals surface area contributed by atoms with Crippen molar-refractivity contribution in [2.75, 3.05) is 14.2 Å². The minimum atomic E-state index is 0.374. The summed E-state index contributed by atoms with van der Waals surface area (Å²) in [5.74, 6) is 2.33. The molecule has 0 aromatic heterocycles. The fraction of sp³-hybridized carbons (Fsp3) is 0.667. The number of ether oxygens (including phenoxy) is 2. The van der Waals surface area contributed by atoms with E-state index in [1.165, 1.54) is 44.1 Å². The van der Waals surface area contributed by atoms with Crippen LogP contribution >= 0.6 is 0 Å². The Morgan fingerprint density at radius 2 is 1.85 bits per heavy atom. The molecular formula is C18H28O2. The molecule has 1 aromatic carbocycles. The zero-order valence-corrected chi connectivity index (χ0v) is 13.1. The van der Waals surface area contributed by atoms with Crippen molar-refractivity contribution in [2.45, 2.75) is 57.5 Å². The van der Waals surface area contributed by atoms with Crippen molar-refractivity contribution in [3.05, 3.63) is 29.8 Å². The molecule has 1 aliphatic rings. The first-order chi connectivity index (χ1) is 9.78. The van der Waals surface area contributed by atoms with E-state index in [9.17, 15) is 0 Å². The highest BCUT2D eigenvalue weighted by atomic mass is 16.5. The van der Waals surface area contributed by atoms with E-state index in [0.717, 1.165) is 11.7 Å². The zero-order chi connectivity index (χ0) is 14.4. The maximum atomic E-state index is 5.79. The molecule has 1 aromatic rings. The van der Waals surface area contributed by atoms with E-state index >= 15 is 0 Å². The largest absolute Gasteiger partial charge is 0.497 e. The van der Waals surface area contributed by atoms with E-state index in [-0.39, 0.29) is 0 Å². The summed E-state index contributed by atoms with van der Waals surface area (Å²) in [7, 11) is 3.58. The quantitative estimate of drug-likeness (QED) is 0.744. The highest BCUT2D eigenvalue weighted by Gasteiger charge is 2.31. The fourth-order valence-corrected chi connectivity index (χ4v) is 3.46. The van der Waals surface area contributed by atoms with Gasteiger partial charge in [0.25, 0.3) is 0 Å². The fourth-order valence-electron chi connectivity index (χ4n) is 3.46. The lowest BCUT2D eigenvalue weighted by atomic mass is 9.75. The number of benzene rings is 1. The van der Waals surface area contributed by atoms with Crippen LogP contribution in [0.5, 0.6) is 5.75 Å². The predicted octanol–water partition coefficient (Wildman–Crippen LogP) is 4.78. The van der Waals surface area contributed by atoms with Crippen molar-refractivity contribution >= 4 is 0 Å². The van der Waals surface area contributed by atoms with E-state index in [4.69, 9.17) is 9.47 Å². The SMILES string of the molecule is CCCCC1CCC(c2ccc(OC)cc2)C(OC)C1. The monoisotopic (exact) mass is 276 g/mol. The lowest BCUT2D eigenvalue weighted by Gasteiger charge is -2.35. The molecule has 2 nitrogen and oxygen atoms in total. The third-order valence-corrected chi connectivity index (χ3v) is 4.71. The molecule has 0 aliphatic heterocycles. The topological polar surface area (TPSA) is 18.5 Å². The number of hydrogen-bond acceptors (Lipinski definition) is 2. The molecule has 3 unspecified atom stereocenters. The Labute approximate surface area is 123 Å². The van der Waals surface area contributed by atoms with Crippen LogP contribution in [0.25, 0.3) is 0 Å². The summed E-state index contributed by atoms with van der Waals surface area (Å²) in [5.41, 5.74) is 1.39. The van der Waals surface area contributed by atoms with E-state index in [2.05, 4.69) is 31.2 Å². The summed E-state index contributed by atoms with van der Waals surface area (Å²) < 4.78 is 11.0. The molecule has 2 rings (SSSR count). The Bertz CT molecular complexity index is 385. The Morgan fingerprint density at radius 3 is 2.45 bits per heavy atom. The van der Waals surface area contributed by atoms with E-state index in [1.54, 1.807) is 7.11 Å². The summed E-state index contributed by atoms with van der Waals surface area (Å²) in [5, 5.41) is 0. The van der Waals surface area contributed by atoms with Gasteiger partial charge in [0.1, 0.15) is 5.75 Å². The number of hydrogen-bond donors (Lipinski definition) is 0. The number of rotatable bonds is 6. The van der Waals surface area contributed by atoms with Crippen molar-refractivity contribution < 1.29 is 9.47 Å². The first-order valence-corrected chi connectivity index (χ1v) is 7.95. The lowest BCUT2D eigenvalue weighted by molar-refractivity contribution is 0.0305. The van der Waals surface area contributed by atoms with Crippen LogP contribution in [-0.2, 0) is 4.74 Å². The molecule has 0 amide bonds. The zero-order valence-electron chi connectivity index (χ0n) is 13.1. The van der Waals surface area contributed by atoms with Gasteiger partial charge in [0.05, 0.1) is 13.2 Å². The van der Waals surface area contributed by atoms with Crippen LogP contribution in [0.2, 0.25) is 0 Å². The maximum absolute atomic E-state index is 5.79. The van der Waals surface area contributed by atoms with Crippen LogP contribution in [0, 0.1) is 5.92 Å². The minimum absolute atomic E-state index is 0.374. The van der Waals surface area contributed by atoms with Gasteiger partial charge in [-0.25, -0.2) is 0 Å². The van der Waals surface area contributed by atoms with Crippen LogP contribution in [0.1, 0.15) is 56.9 Å². The minimum Gasteiger partial charge on any atom is -0.497 e. The molecule has 3 atom stereocenters. The Morgan fingerprint density at radius 1 is 1.10 bits per heavy atom. The molecule has 0 bridgehead atoms. The van der Waals surface area contributed by atoms with Crippen LogP contribution < -0.4 is 4.74 Å². The molecule has 0 N–H and O–H groups in total. The summed E-state index contributed by atoms with van der Waals surface area (Å²) in [6.45, 7) is 2.27. The molecular weight excluding hydrogens is 248 g/mol. The highest BCUT2D eigenvalue weighted by Crippen LogP contribution is 2.39. The lowest BCUT2D eigenvalue weighted by Crippen LogP contribution is -2.29. The number of unbranched alkanes of at least 4 members (excludes halogenated alkanes) is 1. The Hall–Kier alpha value is -1.02. The van der Waals surface area contributed by atoms with Gasteiger partial charge in [-0.15, -0.1) is 0 Å². The second-order valence-electron chi connectivity index (χ2n) is 5.98. The summed E-state index contributed by atoms with van der Waals surface area (Å²) in [4.78, 5) is 0. The van der Waals surface area contributed by atoms with Gasteiger partial charge in [0.2, 0.25) is 0 Å². The molecule has 112 valence electrons. The molecule has 1 fully saturated rings. The van der Waals surface area contributed by atoms with Gasteiger partial charge in [-0.05, 0) is 42.9 Å². The van der Waals surface area contributed by atoms with E-state index in [1.807, 2.05) is 7.11 Å². The van der Waals surface area contributed by atoms with E-state index < -0.39 is 0 Å². The summed E-state index contributed by atoms with van der Waals surface area (Å²) >= 11 is 0. The molecule has 0 spiro atoms. The standard InChI is InChI=1S/C18H28O2/c1-4-5-6-14-7-12-17(18(13-14)20-3)15-8-10-16(19-2)11-9-15/h8-11,14,17-18H,4-7,12-13H2,1-3H3. The van der Waals surface area contributed by atoms with Crippen LogP contribution in [0.3, 0.4) is 0 Å². The van der Waals surface area contributed by atoms with Crippen LogP contribution in [-0.4, -0.2) is 20.3 Å². The summed E-state index contributed by atoms with van der Waals surface area (Å²) in [6, 6.07) is 8.51. The van der Waals surface area contributed by atoms with Gasteiger partial charge in [-0.1, -0.05) is 38.3 Å².